The third-order valence-corrected chi connectivity index (χ3v) is 3.92. The van der Waals surface area contributed by atoms with Crippen molar-refractivity contribution < 1.29 is 0 Å². The van der Waals surface area contributed by atoms with Crippen molar-refractivity contribution in [3.63, 3.8) is 0 Å². The summed E-state index contributed by atoms with van der Waals surface area (Å²) in [7, 11) is 0. The van der Waals surface area contributed by atoms with E-state index < -0.39 is 0 Å². The van der Waals surface area contributed by atoms with E-state index in [1.807, 2.05) is 12.3 Å². The van der Waals surface area contributed by atoms with Gasteiger partial charge in [0, 0.05) is 37.4 Å². The standard InChI is InChI=1S/C18H24N6S/c1-13-10-14(2)12-15(11-13)23-18-22-6-4-16(24-18)17(25-3)21-9-8-20-7-5-19/h4,6,8-12,20H,5,7,19H2,1-3H3,(H,22,23,24)/b9-8+,21-17?. The SMILES string of the molecule is CSC(=N/C=C/NCCN)c1ccnc(Nc2cc(C)cc(C)c2)n1. The van der Waals surface area contributed by atoms with Gasteiger partial charge in [-0.15, -0.1) is 11.8 Å². The lowest BCUT2D eigenvalue weighted by Gasteiger charge is -2.08. The fourth-order valence-electron chi connectivity index (χ4n) is 2.26. The maximum atomic E-state index is 5.43. The number of nitrogens with zero attached hydrogens (tertiary/aromatic N) is 3. The number of thioether (sulfide) groups is 1. The van der Waals surface area contributed by atoms with Crippen LogP contribution < -0.4 is 16.4 Å². The van der Waals surface area contributed by atoms with Gasteiger partial charge in [0.1, 0.15) is 10.7 Å². The summed E-state index contributed by atoms with van der Waals surface area (Å²) in [6, 6.07) is 8.12. The molecule has 0 unspecified atom stereocenters. The number of rotatable bonds is 7. The van der Waals surface area contributed by atoms with Gasteiger partial charge in [-0.2, -0.15) is 0 Å². The first kappa shape index (κ1) is 19.0. The van der Waals surface area contributed by atoms with Crippen molar-refractivity contribution in [2.45, 2.75) is 13.8 Å². The van der Waals surface area contributed by atoms with Crippen LogP contribution in [0.25, 0.3) is 0 Å². The summed E-state index contributed by atoms with van der Waals surface area (Å²) in [4.78, 5) is 13.3. The Morgan fingerprint density at radius 3 is 2.72 bits per heavy atom. The smallest absolute Gasteiger partial charge is 0.227 e. The van der Waals surface area contributed by atoms with E-state index in [-0.39, 0.29) is 0 Å². The molecule has 0 saturated heterocycles. The summed E-state index contributed by atoms with van der Waals surface area (Å²) in [5, 5.41) is 7.13. The van der Waals surface area contributed by atoms with Gasteiger partial charge in [-0.1, -0.05) is 6.07 Å². The third kappa shape index (κ3) is 6.21. The van der Waals surface area contributed by atoms with E-state index in [2.05, 4.69) is 57.6 Å². The summed E-state index contributed by atoms with van der Waals surface area (Å²) in [6.07, 6.45) is 7.19. The first-order valence-corrected chi connectivity index (χ1v) is 9.24. The second-order valence-electron chi connectivity index (χ2n) is 5.46. The highest BCUT2D eigenvalue weighted by molar-refractivity contribution is 8.13. The molecule has 1 heterocycles. The van der Waals surface area contributed by atoms with E-state index in [4.69, 9.17) is 5.73 Å². The molecule has 2 rings (SSSR count). The molecule has 6 nitrogen and oxygen atoms in total. The summed E-state index contributed by atoms with van der Waals surface area (Å²) in [5.41, 5.74) is 9.57. The van der Waals surface area contributed by atoms with E-state index >= 15 is 0 Å². The number of aliphatic imine (C=N–C) groups is 1. The van der Waals surface area contributed by atoms with Crippen molar-refractivity contribution in [1.82, 2.24) is 15.3 Å². The predicted octanol–water partition coefficient (Wildman–Crippen LogP) is 2.97. The molecule has 0 amide bonds. The van der Waals surface area contributed by atoms with Crippen molar-refractivity contribution in [1.29, 1.82) is 0 Å². The van der Waals surface area contributed by atoms with Gasteiger partial charge in [-0.05, 0) is 49.4 Å². The van der Waals surface area contributed by atoms with Crippen LogP contribution in [-0.4, -0.2) is 34.4 Å². The Morgan fingerprint density at radius 1 is 1.28 bits per heavy atom. The van der Waals surface area contributed by atoms with E-state index in [1.165, 1.54) is 22.9 Å². The van der Waals surface area contributed by atoms with Crippen LogP contribution in [0.1, 0.15) is 16.8 Å². The van der Waals surface area contributed by atoms with Gasteiger partial charge in [-0.25, -0.2) is 15.0 Å². The molecule has 7 heteroatoms. The van der Waals surface area contributed by atoms with Gasteiger partial charge in [0.2, 0.25) is 5.95 Å². The monoisotopic (exact) mass is 356 g/mol. The van der Waals surface area contributed by atoms with Crippen LogP contribution in [0.4, 0.5) is 11.6 Å². The molecule has 0 aliphatic rings. The number of anilines is 2. The minimum Gasteiger partial charge on any atom is -0.388 e. The van der Waals surface area contributed by atoms with Gasteiger partial charge in [-0.3, -0.25) is 0 Å². The molecule has 0 fully saturated rings. The Hall–Kier alpha value is -2.38. The largest absolute Gasteiger partial charge is 0.388 e. The summed E-state index contributed by atoms with van der Waals surface area (Å²) < 4.78 is 0. The van der Waals surface area contributed by atoms with Gasteiger partial charge < -0.3 is 16.4 Å². The van der Waals surface area contributed by atoms with Gasteiger partial charge in [0.25, 0.3) is 0 Å². The van der Waals surface area contributed by atoms with Crippen LogP contribution in [0.15, 0.2) is 47.9 Å². The first-order valence-electron chi connectivity index (χ1n) is 8.01. The molecule has 1 aromatic carbocycles. The van der Waals surface area contributed by atoms with Crippen molar-refractivity contribution in [3.8, 4) is 0 Å². The highest BCUT2D eigenvalue weighted by Crippen LogP contribution is 2.18. The maximum absolute atomic E-state index is 5.43. The van der Waals surface area contributed by atoms with Crippen LogP contribution in [0.5, 0.6) is 0 Å². The first-order chi connectivity index (χ1) is 12.1. The van der Waals surface area contributed by atoms with E-state index in [0.29, 0.717) is 12.5 Å². The quantitative estimate of drug-likeness (QED) is 0.402. The normalized spacial score (nSPS) is 11.8. The highest BCUT2D eigenvalue weighted by atomic mass is 32.2. The third-order valence-electron chi connectivity index (χ3n) is 3.22. The number of aromatic nitrogens is 2. The molecule has 0 aliphatic carbocycles. The van der Waals surface area contributed by atoms with Crippen molar-refractivity contribution in [3.05, 3.63) is 59.7 Å². The van der Waals surface area contributed by atoms with Crippen molar-refractivity contribution in [2.75, 3.05) is 24.7 Å². The second-order valence-corrected chi connectivity index (χ2v) is 6.26. The minimum atomic E-state index is 0.550. The van der Waals surface area contributed by atoms with Crippen LogP contribution in [0, 0.1) is 13.8 Å². The molecule has 0 radical (unpaired) electrons. The molecule has 2 aromatic rings. The lowest BCUT2D eigenvalue weighted by Crippen LogP contribution is -2.16. The van der Waals surface area contributed by atoms with E-state index in [0.717, 1.165) is 23.0 Å². The Bertz CT molecular complexity index is 737. The zero-order valence-corrected chi connectivity index (χ0v) is 15.6. The molecule has 0 spiro atoms. The molecule has 1 aromatic heterocycles. The molecular formula is C18H24N6S. The average molecular weight is 356 g/mol. The van der Waals surface area contributed by atoms with Gasteiger partial charge in [0.05, 0.1) is 0 Å². The molecule has 4 N–H and O–H groups in total. The topological polar surface area (TPSA) is 88.2 Å². The lowest BCUT2D eigenvalue weighted by molar-refractivity contribution is 0.841. The summed E-state index contributed by atoms with van der Waals surface area (Å²) in [5.74, 6) is 0.550. The molecule has 0 saturated carbocycles. The average Bonchev–Trinajstić information content (AvgIpc) is 2.57. The van der Waals surface area contributed by atoms with E-state index in [9.17, 15) is 0 Å². The number of aryl methyl sites for hydroxylation is 2. The summed E-state index contributed by atoms with van der Waals surface area (Å²) in [6.45, 7) is 5.44. The molecule has 0 aliphatic heterocycles. The summed E-state index contributed by atoms with van der Waals surface area (Å²) >= 11 is 1.53. The lowest BCUT2D eigenvalue weighted by atomic mass is 10.1. The Balaban J connectivity index is 2.16. The van der Waals surface area contributed by atoms with E-state index in [1.54, 1.807) is 18.6 Å². The minimum absolute atomic E-state index is 0.550. The molecule has 0 atom stereocenters. The highest BCUT2D eigenvalue weighted by Gasteiger charge is 2.06. The number of nitrogens with one attached hydrogen (secondary N) is 2. The van der Waals surface area contributed by atoms with Crippen LogP contribution in [0.3, 0.4) is 0 Å². The second kappa shape index (κ2) is 9.80. The van der Waals surface area contributed by atoms with Crippen LogP contribution in [-0.2, 0) is 0 Å². The van der Waals surface area contributed by atoms with Gasteiger partial charge >= 0.3 is 0 Å². The Kier molecular flexibility index (Phi) is 7.43. The molecule has 132 valence electrons. The van der Waals surface area contributed by atoms with Crippen LogP contribution >= 0.6 is 11.8 Å². The number of benzene rings is 1. The number of hydrogen-bond donors (Lipinski definition) is 3. The predicted molar refractivity (Wildman–Crippen MR) is 107 cm³/mol. The number of hydrogen-bond acceptors (Lipinski definition) is 7. The molecule has 25 heavy (non-hydrogen) atoms. The Labute approximate surface area is 153 Å². The van der Waals surface area contributed by atoms with Crippen LogP contribution in [0.2, 0.25) is 0 Å². The fraction of sp³-hybridized carbons (Fsp3) is 0.278. The zero-order chi connectivity index (χ0) is 18.1. The molecule has 0 bridgehead atoms. The fourth-order valence-corrected chi connectivity index (χ4v) is 2.75. The molecular weight excluding hydrogens is 332 g/mol. The van der Waals surface area contributed by atoms with Crippen molar-refractivity contribution >= 4 is 28.4 Å². The van der Waals surface area contributed by atoms with Crippen molar-refractivity contribution in [2.24, 2.45) is 10.7 Å². The van der Waals surface area contributed by atoms with Gasteiger partial charge in [0.15, 0.2) is 0 Å². The maximum Gasteiger partial charge on any atom is 0.227 e. The number of nitrogens with two attached hydrogens (primary N) is 1. The zero-order valence-electron chi connectivity index (χ0n) is 14.8. The Morgan fingerprint density at radius 2 is 2.04 bits per heavy atom.